The molecular formula is C11H16ClN3. The zero-order valence-electron chi connectivity index (χ0n) is 8.91. The highest BCUT2D eigenvalue weighted by Crippen LogP contribution is 2.35. The van der Waals surface area contributed by atoms with Crippen LogP contribution in [0.15, 0.2) is 12.3 Å². The number of nitrogens with two attached hydrogens (primary N) is 1. The molecule has 15 heavy (non-hydrogen) atoms. The fraction of sp³-hybridized carbons (Fsp3) is 0.545. The molecule has 82 valence electrons. The van der Waals surface area contributed by atoms with Crippen molar-refractivity contribution in [1.29, 1.82) is 0 Å². The number of pyridine rings is 1. The SMILES string of the molecule is CCN(c1nccc(CN)c1Cl)C1CC1. The molecule has 0 unspecified atom stereocenters. The smallest absolute Gasteiger partial charge is 0.147 e. The summed E-state index contributed by atoms with van der Waals surface area (Å²) in [4.78, 5) is 6.62. The minimum Gasteiger partial charge on any atom is -0.353 e. The Labute approximate surface area is 95.2 Å². The number of hydrogen-bond acceptors (Lipinski definition) is 3. The third-order valence-corrected chi connectivity index (χ3v) is 3.18. The Kier molecular flexibility index (Phi) is 3.12. The second kappa shape index (κ2) is 4.37. The molecule has 1 heterocycles. The lowest BCUT2D eigenvalue weighted by Crippen LogP contribution is -2.26. The molecule has 0 bridgehead atoms. The van der Waals surface area contributed by atoms with Crippen LogP contribution in [0.25, 0.3) is 0 Å². The van der Waals surface area contributed by atoms with Crippen molar-refractivity contribution in [3.05, 3.63) is 22.8 Å². The average Bonchev–Trinajstić information content (AvgIpc) is 3.06. The summed E-state index contributed by atoms with van der Waals surface area (Å²) >= 11 is 6.27. The van der Waals surface area contributed by atoms with Gasteiger partial charge in [0.2, 0.25) is 0 Å². The summed E-state index contributed by atoms with van der Waals surface area (Å²) in [5.74, 6) is 0.893. The lowest BCUT2D eigenvalue weighted by Gasteiger charge is -2.23. The predicted molar refractivity (Wildman–Crippen MR) is 63.2 cm³/mol. The molecular weight excluding hydrogens is 210 g/mol. The highest BCUT2D eigenvalue weighted by molar-refractivity contribution is 6.33. The Morgan fingerprint density at radius 1 is 1.60 bits per heavy atom. The van der Waals surface area contributed by atoms with E-state index in [0.29, 0.717) is 17.6 Å². The van der Waals surface area contributed by atoms with E-state index >= 15 is 0 Å². The van der Waals surface area contributed by atoms with Crippen molar-refractivity contribution in [1.82, 2.24) is 4.98 Å². The number of nitrogens with zero attached hydrogens (tertiary/aromatic N) is 2. The van der Waals surface area contributed by atoms with Gasteiger partial charge in [-0.15, -0.1) is 0 Å². The first-order chi connectivity index (χ1) is 7.27. The van der Waals surface area contributed by atoms with E-state index in [9.17, 15) is 0 Å². The molecule has 1 aliphatic rings. The number of halogens is 1. The number of rotatable bonds is 4. The molecule has 0 spiro atoms. The largest absolute Gasteiger partial charge is 0.353 e. The molecule has 1 saturated carbocycles. The first-order valence-electron chi connectivity index (χ1n) is 5.38. The van der Waals surface area contributed by atoms with Gasteiger partial charge >= 0.3 is 0 Å². The summed E-state index contributed by atoms with van der Waals surface area (Å²) in [7, 11) is 0. The van der Waals surface area contributed by atoms with Gasteiger partial charge in [-0.2, -0.15) is 0 Å². The van der Waals surface area contributed by atoms with Crippen LogP contribution in [0.1, 0.15) is 25.3 Å². The van der Waals surface area contributed by atoms with Crippen LogP contribution < -0.4 is 10.6 Å². The van der Waals surface area contributed by atoms with Crippen molar-refractivity contribution in [3.63, 3.8) is 0 Å². The van der Waals surface area contributed by atoms with Crippen molar-refractivity contribution in [2.45, 2.75) is 32.4 Å². The van der Waals surface area contributed by atoms with Gasteiger partial charge in [-0.1, -0.05) is 11.6 Å². The number of aromatic nitrogens is 1. The van der Waals surface area contributed by atoms with Gasteiger partial charge in [-0.25, -0.2) is 4.98 Å². The van der Waals surface area contributed by atoms with Crippen molar-refractivity contribution in [3.8, 4) is 0 Å². The van der Waals surface area contributed by atoms with Crippen LogP contribution in [0.3, 0.4) is 0 Å². The maximum atomic E-state index is 6.27. The fourth-order valence-electron chi connectivity index (χ4n) is 1.80. The molecule has 3 nitrogen and oxygen atoms in total. The molecule has 1 aliphatic carbocycles. The predicted octanol–water partition coefficient (Wildman–Crippen LogP) is 2.18. The van der Waals surface area contributed by atoms with Gasteiger partial charge in [-0.05, 0) is 31.4 Å². The van der Waals surface area contributed by atoms with E-state index in [1.165, 1.54) is 12.8 Å². The standard InChI is InChI=1S/C11H16ClN3/c1-2-15(9-3-4-9)11-10(12)8(7-13)5-6-14-11/h5-6,9H,2-4,7,13H2,1H3. The van der Waals surface area contributed by atoms with Crippen LogP contribution in [-0.4, -0.2) is 17.6 Å². The van der Waals surface area contributed by atoms with E-state index in [1.807, 2.05) is 6.07 Å². The van der Waals surface area contributed by atoms with Crippen LogP contribution in [-0.2, 0) is 6.54 Å². The van der Waals surface area contributed by atoms with Gasteiger partial charge in [0.25, 0.3) is 0 Å². The van der Waals surface area contributed by atoms with Crippen LogP contribution in [0, 0.1) is 0 Å². The molecule has 0 radical (unpaired) electrons. The van der Waals surface area contributed by atoms with Crippen LogP contribution >= 0.6 is 11.6 Å². The molecule has 4 heteroatoms. The van der Waals surface area contributed by atoms with E-state index in [1.54, 1.807) is 6.20 Å². The molecule has 1 aromatic rings. The normalized spacial score (nSPS) is 15.4. The second-order valence-electron chi connectivity index (χ2n) is 3.83. The summed E-state index contributed by atoms with van der Waals surface area (Å²) in [6.07, 6.45) is 4.28. The van der Waals surface area contributed by atoms with Crippen molar-refractivity contribution in [2.75, 3.05) is 11.4 Å². The molecule has 0 saturated heterocycles. The fourth-order valence-corrected chi connectivity index (χ4v) is 2.09. The maximum Gasteiger partial charge on any atom is 0.147 e. The van der Waals surface area contributed by atoms with E-state index in [2.05, 4.69) is 16.8 Å². The lowest BCUT2D eigenvalue weighted by atomic mass is 10.2. The van der Waals surface area contributed by atoms with E-state index in [-0.39, 0.29) is 0 Å². The zero-order valence-corrected chi connectivity index (χ0v) is 9.67. The van der Waals surface area contributed by atoms with E-state index in [0.717, 1.165) is 17.9 Å². The molecule has 0 amide bonds. The summed E-state index contributed by atoms with van der Waals surface area (Å²) in [5, 5.41) is 0.716. The third kappa shape index (κ3) is 2.08. The van der Waals surface area contributed by atoms with E-state index < -0.39 is 0 Å². The topological polar surface area (TPSA) is 42.2 Å². The Morgan fingerprint density at radius 3 is 2.87 bits per heavy atom. The average molecular weight is 226 g/mol. The third-order valence-electron chi connectivity index (χ3n) is 2.77. The Balaban J connectivity index is 2.33. The van der Waals surface area contributed by atoms with Crippen molar-refractivity contribution >= 4 is 17.4 Å². The van der Waals surface area contributed by atoms with Crippen molar-refractivity contribution in [2.24, 2.45) is 5.73 Å². The summed E-state index contributed by atoms with van der Waals surface area (Å²) in [6.45, 7) is 3.55. The molecule has 0 aromatic carbocycles. The highest BCUT2D eigenvalue weighted by atomic mass is 35.5. The Hall–Kier alpha value is -0.800. The van der Waals surface area contributed by atoms with Crippen LogP contribution in [0.2, 0.25) is 5.02 Å². The van der Waals surface area contributed by atoms with Gasteiger partial charge in [-0.3, -0.25) is 0 Å². The number of anilines is 1. The summed E-state index contributed by atoms with van der Waals surface area (Å²) < 4.78 is 0. The summed E-state index contributed by atoms with van der Waals surface area (Å²) in [6, 6.07) is 2.51. The van der Waals surface area contributed by atoms with E-state index in [4.69, 9.17) is 17.3 Å². The molecule has 2 N–H and O–H groups in total. The van der Waals surface area contributed by atoms with Gasteiger partial charge < -0.3 is 10.6 Å². The van der Waals surface area contributed by atoms with Gasteiger partial charge in [0, 0.05) is 25.3 Å². The van der Waals surface area contributed by atoms with Gasteiger partial charge in [0.1, 0.15) is 5.82 Å². The maximum absolute atomic E-state index is 6.27. The minimum absolute atomic E-state index is 0.469. The Morgan fingerprint density at radius 2 is 2.33 bits per heavy atom. The van der Waals surface area contributed by atoms with Gasteiger partial charge in [0.05, 0.1) is 5.02 Å². The van der Waals surface area contributed by atoms with Crippen molar-refractivity contribution < 1.29 is 0 Å². The molecule has 2 rings (SSSR count). The zero-order chi connectivity index (χ0) is 10.8. The molecule has 1 fully saturated rings. The molecule has 1 aromatic heterocycles. The van der Waals surface area contributed by atoms with Crippen LogP contribution in [0.4, 0.5) is 5.82 Å². The lowest BCUT2D eigenvalue weighted by molar-refractivity contribution is 0.806. The first-order valence-corrected chi connectivity index (χ1v) is 5.75. The van der Waals surface area contributed by atoms with Gasteiger partial charge in [0.15, 0.2) is 0 Å². The Bertz CT molecular complexity index is 350. The quantitative estimate of drug-likeness (QED) is 0.854. The molecule has 0 atom stereocenters. The highest BCUT2D eigenvalue weighted by Gasteiger charge is 2.30. The summed E-state index contributed by atoms with van der Waals surface area (Å²) in [5.41, 5.74) is 6.60. The second-order valence-corrected chi connectivity index (χ2v) is 4.21. The number of hydrogen-bond donors (Lipinski definition) is 1. The molecule has 0 aliphatic heterocycles. The first kappa shape index (κ1) is 10.7. The van der Waals surface area contributed by atoms with Crippen LogP contribution in [0.5, 0.6) is 0 Å². The minimum atomic E-state index is 0.469. The monoisotopic (exact) mass is 225 g/mol.